The Morgan fingerprint density at radius 2 is 0.900 bits per heavy atom. The fourth-order valence-electron chi connectivity index (χ4n) is 11.2. The van der Waals surface area contributed by atoms with Crippen LogP contribution in [0.25, 0.3) is 11.1 Å². The monoisotopic (exact) mass is 974 g/mol. The minimum atomic E-state index is -0.826. The van der Waals surface area contributed by atoms with E-state index in [1.54, 1.807) is 0 Å². The summed E-state index contributed by atoms with van der Waals surface area (Å²) in [4.78, 5) is 0. The van der Waals surface area contributed by atoms with Crippen LogP contribution in [0.4, 0.5) is 0 Å². The maximum atomic E-state index is 6.72. The molecule has 0 radical (unpaired) electrons. The summed E-state index contributed by atoms with van der Waals surface area (Å²) in [6.07, 6.45) is 17.0. The molecule has 60 heavy (non-hydrogen) atoms. The van der Waals surface area contributed by atoms with Gasteiger partial charge < -0.3 is 14.9 Å². The van der Waals surface area contributed by atoms with Gasteiger partial charge in [0.15, 0.2) is 0 Å². The molecule has 4 aliphatic rings. The van der Waals surface area contributed by atoms with Gasteiger partial charge >= 0.3 is 37.9 Å². The molecule has 0 N–H and O–H groups in total. The second kappa shape index (κ2) is 20.3. The molecule has 6 heteroatoms. The Morgan fingerprint density at radius 1 is 0.517 bits per heavy atom. The average Bonchev–Trinajstić information content (AvgIpc) is 3.84. The van der Waals surface area contributed by atoms with Gasteiger partial charge in [-0.25, -0.2) is 0 Å². The van der Waals surface area contributed by atoms with Gasteiger partial charge in [0, 0.05) is 20.5 Å². The Labute approximate surface area is 396 Å². The van der Waals surface area contributed by atoms with Gasteiger partial charge in [0.2, 0.25) is 0 Å². The van der Waals surface area contributed by atoms with Crippen LogP contribution in [0.2, 0.25) is 15.1 Å². The molecular formula is C54H61Cl5Zr. The summed E-state index contributed by atoms with van der Waals surface area (Å²) in [6, 6.07) is 37.6. The zero-order valence-electron chi connectivity index (χ0n) is 36.5. The third-order valence-corrected chi connectivity index (χ3v) is 14.3. The van der Waals surface area contributed by atoms with Crippen molar-refractivity contribution >= 4 is 63.0 Å². The van der Waals surface area contributed by atoms with Crippen LogP contribution in [0, 0.1) is 61.2 Å². The van der Waals surface area contributed by atoms with Crippen LogP contribution in [-0.4, -0.2) is 0 Å². The molecule has 8 rings (SSSR count). The zero-order valence-corrected chi connectivity index (χ0v) is 42.8. The van der Waals surface area contributed by atoms with Gasteiger partial charge in [-0.15, -0.1) is 0 Å². The molecule has 0 aliphatic heterocycles. The van der Waals surface area contributed by atoms with E-state index in [1.807, 2.05) is 0 Å². The van der Waals surface area contributed by atoms with E-state index in [4.69, 9.17) is 51.8 Å². The van der Waals surface area contributed by atoms with E-state index in [0.29, 0.717) is 35.5 Å². The van der Waals surface area contributed by atoms with Crippen molar-refractivity contribution in [3.05, 3.63) is 191 Å². The van der Waals surface area contributed by atoms with Crippen molar-refractivity contribution in [2.45, 2.75) is 79.1 Å². The molecule has 0 amide bonds. The van der Waals surface area contributed by atoms with Crippen LogP contribution in [0.5, 0.6) is 0 Å². The second-order valence-electron chi connectivity index (χ2n) is 18.9. The summed E-state index contributed by atoms with van der Waals surface area (Å²) in [5.74, 6) is 2.19. The van der Waals surface area contributed by atoms with E-state index in [0.717, 1.165) is 21.5 Å². The van der Waals surface area contributed by atoms with E-state index in [1.165, 1.54) is 70.2 Å². The number of fused-ring (bicyclic) bond motifs is 3. The van der Waals surface area contributed by atoms with E-state index >= 15 is 0 Å². The molecule has 5 unspecified atom stereocenters. The summed E-state index contributed by atoms with van der Waals surface area (Å²) in [5.41, 5.74) is 10.8. The number of halogens is 5. The quantitative estimate of drug-likeness (QED) is 0.162. The van der Waals surface area contributed by atoms with Gasteiger partial charge in [-0.05, 0) is 147 Å². The molecule has 0 saturated heterocycles. The molecule has 2 fully saturated rings. The molecule has 2 saturated carbocycles. The fourth-order valence-corrected chi connectivity index (χ4v) is 11.6. The molecule has 0 spiro atoms. The standard InChI is InChI=1S/C52H55Cl3.2CH3.2ClH.Zr/c1-50(2,3)47-30-43-44-31-48(51(4,5)6)42(35-18-24-39(54)25-19-35)29-46(44)49(45(43)28-41(47)34-16-22-38(53)23-17-34)52(36-14-10-11-15-36,32-33-12-8-7-9-13-33)37-20-26-40(55)27-21-37;;;;;/h7-9,12-13,16-31,36,43-46,49H,10-11,14-15,32H2,1-6H3;2*1H3;2*1H;/q;2*-1;;;+4/p-2. The van der Waals surface area contributed by atoms with Crippen LogP contribution in [0.1, 0.15) is 89.5 Å². The fraction of sp³-hybridized carbons (Fsp3) is 0.370. The Balaban J connectivity index is 0.00000133. The van der Waals surface area contributed by atoms with Crippen LogP contribution in [0.3, 0.4) is 0 Å². The Hall–Kier alpha value is -1.83. The summed E-state index contributed by atoms with van der Waals surface area (Å²) in [5, 5.41) is 2.34. The van der Waals surface area contributed by atoms with Crippen molar-refractivity contribution in [3.8, 4) is 0 Å². The number of benzene rings is 4. The SMILES string of the molecule is CC(C)(C)C1=CC2C3C=C(C(C)(C)C)C(c4ccc(Cl)cc4)=CC3C(C(Cc3ccccc3)(c3ccc(Cl)cc3)C3CCCC3)C2C=C1c1ccc(Cl)cc1.[CH3-].[CH3-].[Cl][Zr+2][Cl]. The van der Waals surface area contributed by atoms with Crippen LogP contribution < -0.4 is 0 Å². The van der Waals surface area contributed by atoms with Gasteiger partial charge in [-0.2, -0.15) is 0 Å². The van der Waals surface area contributed by atoms with Crippen molar-refractivity contribution in [3.63, 3.8) is 0 Å². The first-order chi connectivity index (χ1) is 27.6. The molecule has 0 aromatic heterocycles. The normalized spacial score (nSPS) is 23.4. The maximum absolute atomic E-state index is 6.72. The van der Waals surface area contributed by atoms with E-state index in [-0.39, 0.29) is 31.1 Å². The summed E-state index contributed by atoms with van der Waals surface area (Å²) < 4.78 is 0. The predicted octanol–water partition coefficient (Wildman–Crippen LogP) is 17.8. The molecular weight excluding hydrogens is 917 g/mol. The third kappa shape index (κ3) is 10.1. The molecule has 4 aliphatic carbocycles. The van der Waals surface area contributed by atoms with Crippen LogP contribution in [-0.2, 0) is 32.7 Å². The summed E-state index contributed by atoms with van der Waals surface area (Å²) >= 11 is 18.9. The van der Waals surface area contributed by atoms with Crippen molar-refractivity contribution in [2.24, 2.45) is 46.3 Å². The van der Waals surface area contributed by atoms with Crippen LogP contribution in [0.15, 0.2) is 139 Å². The minimum absolute atomic E-state index is 0. The summed E-state index contributed by atoms with van der Waals surface area (Å²) in [7, 11) is 9.87. The Morgan fingerprint density at radius 3 is 1.28 bits per heavy atom. The van der Waals surface area contributed by atoms with Crippen molar-refractivity contribution < 1.29 is 20.8 Å². The van der Waals surface area contributed by atoms with E-state index < -0.39 is 20.8 Å². The van der Waals surface area contributed by atoms with Gasteiger partial charge in [0.05, 0.1) is 0 Å². The van der Waals surface area contributed by atoms with Crippen molar-refractivity contribution in [1.29, 1.82) is 0 Å². The van der Waals surface area contributed by atoms with E-state index in [9.17, 15) is 0 Å². The third-order valence-electron chi connectivity index (χ3n) is 13.5. The van der Waals surface area contributed by atoms with Gasteiger partial charge in [0.1, 0.15) is 0 Å². The number of rotatable bonds is 7. The topological polar surface area (TPSA) is 0 Å². The first-order valence-corrected chi connectivity index (χ1v) is 28.3. The number of hydrogen-bond acceptors (Lipinski definition) is 0. The van der Waals surface area contributed by atoms with Crippen LogP contribution >= 0.6 is 51.8 Å². The Bertz CT molecular complexity index is 2060. The van der Waals surface area contributed by atoms with E-state index in [2.05, 4.69) is 169 Å². The average molecular weight is 979 g/mol. The molecule has 4 aromatic rings. The molecule has 5 atom stereocenters. The number of hydrogen-bond donors (Lipinski definition) is 0. The molecule has 4 aromatic carbocycles. The first-order valence-electron chi connectivity index (χ1n) is 20.8. The molecule has 316 valence electrons. The predicted molar refractivity (Wildman–Crippen MR) is 261 cm³/mol. The Kier molecular flexibility index (Phi) is 16.7. The van der Waals surface area contributed by atoms with Crippen molar-refractivity contribution in [1.82, 2.24) is 0 Å². The van der Waals surface area contributed by atoms with Gasteiger partial charge in [-0.3, -0.25) is 0 Å². The van der Waals surface area contributed by atoms with Gasteiger partial charge in [0.25, 0.3) is 0 Å². The number of allylic oxidation sites excluding steroid dienone is 8. The first kappa shape index (κ1) is 49.2. The molecule has 0 bridgehead atoms. The zero-order chi connectivity index (χ0) is 41.4. The molecule has 0 heterocycles. The molecule has 0 nitrogen and oxygen atoms in total. The summed E-state index contributed by atoms with van der Waals surface area (Å²) in [6.45, 7) is 14.3. The second-order valence-corrected chi connectivity index (χ2v) is 24.0. The van der Waals surface area contributed by atoms with Crippen molar-refractivity contribution in [2.75, 3.05) is 0 Å². The van der Waals surface area contributed by atoms with Gasteiger partial charge in [-0.1, -0.05) is 180 Å².